The maximum atomic E-state index is 12.8. The van der Waals surface area contributed by atoms with Crippen molar-refractivity contribution in [3.63, 3.8) is 0 Å². The molecule has 2 aromatic carbocycles. The second kappa shape index (κ2) is 7.03. The quantitative estimate of drug-likeness (QED) is 0.702. The summed E-state index contributed by atoms with van der Waals surface area (Å²) in [6.07, 6.45) is 1.80. The van der Waals surface area contributed by atoms with E-state index in [1.54, 1.807) is 30.3 Å². The number of benzene rings is 2. The van der Waals surface area contributed by atoms with Crippen LogP contribution in [0.25, 0.3) is 16.6 Å². The van der Waals surface area contributed by atoms with Crippen molar-refractivity contribution in [2.45, 2.75) is 12.5 Å². The third-order valence-corrected chi connectivity index (χ3v) is 6.68. The van der Waals surface area contributed by atoms with E-state index in [4.69, 9.17) is 11.6 Å². The van der Waals surface area contributed by atoms with E-state index in [9.17, 15) is 18.0 Å². The highest BCUT2D eigenvalue weighted by atomic mass is 35.5. The Bertz CT molecular complexity index is 1250. The fourth-order valence-electron chi connectivity index (χ4n) is 3.25. The van der Waals surface area contributed by atoms with Gasteiger partial charge in [-0.3, -0.25) is 14.2 Å². The van der Waals surface area contributed by atoms with Crippen LogP contribution in [0.3, 0.4) is 0 Å². The molecule has 2 heterocycles. The van der Waals surface area contributed by atoms with Gasteiger partial charge in [0.25, 0.3) is 11.5 Å². The van der Waals surface area contributed by atoms with Gasteiger partial charge in [-0.15, -0.1) is 0 Å². The number of halogens is 1. The van der Waals surface area contributed by atoms with Gasteiger partial charge in [0.2, 0.25) is 0 Å². The first-order valence-electron chi connectivity index (χ1n) is 8.61. The number of nitrogens with one attached hydrogen (secondary N) is 1. The lowest BCUT2D eigenvalue weighted by Gasteiger charge is -2.11. The van der Waals surface area contributed by atoms with Gasteiger partial charge in [-0.25, -0.2) is 13.4 Å². The lowest BCUT2D eigenvalue weighted by atomic mass is 10.1. The molecule has 1 fully saturated rings. The Kier molecular flexibility index (Phi) is 4.68. The molecule has 1 N–H and O–H groups in total. The first-order valence-corrected chi connectivity index (χ1v) is 10.8. The van der Waals surface area contributed by atoms with Crippen LogP contribution in [-0.2, 0) is 9.84 Å². The number of fused-ring (bicyclic) bond motifs is 1. The number of carbonyl (C=O) groups is 1. The van der Waals surface area contributed by atoms with Crippen molar-refractivity contribution in [1.29, 1.82) is 0 Å². The molecule has 7 nitrogen and oxygen atoms in total. The Labute approximate surface area is 165 Å². The van der Waals surface area contributed by atoms with E-state index >= 15 is 0 Å². The van der Waals surface area contributed by atoms with Crippen molar-refractivity contribution >= 4 is 38.2 Å². The van der Waals surface area contributed by atoms with Crippen LogP contribution in [0, 0.1) is 0 Å². The molecule has 144 valence electrons. The van der Waals surface area contributed by atoms with Gasteiger partial charge in [-0.2, -0.15) is 0 Å². The number of carbonyl (C=O) groups excluding carboxylic acids is 1. The van der Waals surface area contributed by atoms with E-state index in [2.05, 4.69) is 10.3 Å². The van der Waals surface area contributed by atoms with Gasteiger partial charge < -0.3 is 5.32 Å². The predicted octanol–water partition coefficient (Wildman–Crippen LogP) is 1.96. The van der Waals surface area contributed by atoms with Crippen LogP contribution >= 0.6 is 11.6 Å². The lowest BCUT2D eigenvalue weighted by molar-refractivity contribution is 0.0941. The normalized spacial score (nSPS) is 18.2. The summed E-state index contributed by atoms with van der Waals surface area (Å²) in [5.74, 6) is -0.348. The molecule has 3 aromatic rings. The van der Waals surface area contributed by atoms with Gasteiger partial charge in [0.1, 0.15) is 6.33 Å². The van der Waals surface area contributed by atoms with E-state index in [1.165, 1.54) is 23.0 Å². The smallest absolute Gasteiger partial charge is 0.265 e. The van der Waals surface area contributed by atoms with E-state index in [1.807, 2.05) is 0 Å². The summed E-state index contributed by atoms with van der Waals surface area (Å²) in [5, 5.41) is 3.60. The fourth-order valence-corrected chi connectivity index (χ4v) is 5.11. The summed E-state index contributed by atoms with van der Waals surface area (Å²) in [6, 6.07) is 11.1. The molecule has 1 aliphatic rings. The minimum Gasteiger partial charge on any atom is -0.348 e. The largest absolute Gasteiger partial charge is 0.348 e. The molecular formula is C19H16ClN3O4S. The summed E-state index contributed by atoms with van der Waals surface area (Å²) in [7, 11) is -3.08. The zero-order chi connectivity index (χ0) is 19.9. The molecule has 28 heavy (non-hydrogen) atoms. The molecule has 0 unspecified atom stereocenters. The topological polar surface area (TPSA) is 98.1 Å². The summed E-state index contributed by atoms with van der Waals surface area (Å²) in [4.78, 5) is 29.5. The molecule has 0 radical (unpaired) electrons. The number of nitrogens with zero attached hydrogens (tertiary/aromatic N) is 2. The molecule has 4 rings (SSSR count). The second-order valence-corrected chi connectivity index (χ2v) is 9.37. The molecule has 0 aliphatic carbocycles. The SMILES string of the molecule is O=C(N[C@H]1CCS(=O)(=O)C1)c1ccc2c(=O)n(-c3cccc(Cl)c3)cnc2c1. The van der Waals surface area contributed by atoms with Crippen molar-refractivity contribution in [2.75, 3.05) is 11.5 Å². The molecule has 1 atom stereocenters. The molecule has 9 heteroatoms. The molecular weight excluding hydrogens is 402 g/mol. The van der Waals surface area contributed by atoms with Crippen LogP contribution in [0.15, 0.2) is 53.6 Å². The number of aromatic nitrogens is 2. The first-order chi connectivity index (χ1) is 13.3. The number of hydrogen-bond donors (Lipinski definition) is 1. The number of sulfone groups is 1. The van der Waals surface area contributed by atoms with Crippen molar-refractivity contribution in [3.8, 4) is 5.69 Å². The van der Waals surface area contributed by atoms with Gasteiger partial charge in [0.15, 0.2) is 9.84 Å². The summed E-state index contributed by atoms with van der Waals surface area (Å²) in [5.41, 5.74) is 1.02. The summed E-state index contributed by atoms with van der Waals surface area (Å²) in [6.45, 7) is 0. The van der Waals surface area contributed by atoms with E-state index in [0.29, 0.717) is 33.6 Å². The molecule has 0 spiro atoms. The number of rotatable bonds is 3. The van der Waals surface area contributed by atoms with Crippen LogP contribution in [-0.4, -0.2) is 41.4 Å². The van der Waals surface area contributed by atoms with Gasteiger partial charge in [-0.1, -0.05) is 17.7 Å². The minimum absolute atomic E-state index is 0.0467. The Morgan fingerprint density at radius 2 is 2.04 bits per heavy atom. The highest BCUT2D eigenvalue weighted by molar-refractivity contribution is 7.91. The number of hydrogen-bond acceptors (Lipinski definition) is 5. The van der Waals surface area contributed by atoms with Crippen LogP contribution in [0.2, 0.25) is 5.02 Å². The zero-order valence-corrected chi connectivity index (χ0v) is 16.2. The van der Waals surface area contributed by atoms with Crippen LogP contribution < -0.4 is 10.9 Å². The lowest BCUT2D eigenvalue weighted by Crippen LogP contribution is -2.35. The number of amides is 1. The van der Waals surface area contributed by atoms with Crippen molar-refractivity contribution in [1.82, 2.24) is 14.9 Å². The highest BCUT2D eigenvalue weighted by Gasteiger charge is 2.29. The van der Waals surface area contributed by atoms with Gasteiger partial charge in [0.05, 0.1) is 28.1 Å². The van der Waals surface area contributed by atoms with Crippen LogP contribution in [0.1, 0.15) is 16.8 Å². The van der Waals surface area contributed by atoms with Gasteiger partial charge in [-0.05, 0) is 42.8 Å². The first kappa shape index (κ1) is 18.6. The molecule has 1 aromatic heterocycles. The average Bonchev–Trinajstić information content (AvgIpc) is 3.00. The second-order valence-electron chi connectivity index (χ2n) is 6.70. The van der Waals surface area contributed by atoms with Crippen molar-refractivity contribution in [2.24, 2.45) is 0 Å². The molecule has 0 saturated carbocycles. The monoisotopic (exact) mass is 417 g/mol. The van der Waals surface area contributed by atoms with Crippen LogP contribution in [0.4, 0.5) is 0 Å². The van der Waals surface area contributed by atoms with Crippen molar-refractivity contribution < 1.29 is 13.2 Å². The van der Waals surface area contributed by atoms with E-state index in [-0.39, 0.29) is 23.0 Å². The predicted molar refractivity (Wildman–Crippen MR) is 107 cm³/mol. The summed E-state index contributed by atoms with van der Waals surface area (Å²) >= 11 is 5.99. The van der Waals surface area contributed by atoms with Gasteiger partial charge >= 0.3 is 0 Å². The molecule has 1 saturated heterocycles. The van der Waals surface area contributed by atoms with Crippen molar-refractivity contribution in [3.05, 3.63) is 69.7 Å². The average molecular weight is 418 g/mol. The Hall–Kier alpha value is -2.71. The Balaban J connectivity index is 1.64. The van der Waals surface area contributed by atoms with Crippen LogP contribution in [0.5, 0.6) is 0 Å². The third-order valence-electron chi connectivity index (χ3n) is 4.68. The molecule has 0 bridgehead atoms. The van der Waals surface area contributed by atoms with Gasteiger partial charge in [0, 0.05) is 16.6 Å². The Morgan fingerprint density at radius 1 is 1.21 bits per heavy atom. The van der Waals surface area contributed by atoms with E-state index < -0.39 is 15.9 Å². The van der Waals surface area contributed by atoms with E-state index in [0.717, 1.165) is 0 Å². The Morgan fingerprint density at radius 3 is 2.75 bits per heavy atom. The maximum absolute atomic E-state index is 12.8. The fraction of sp³-hybridized carbons (Fsp3) is 0.211. The molecule has 1 amide bonds. The zero-order valence-electron chi connectivity index (χ0n) is 14.6. The maximum Gasteiger partial charge on any atom is 0.265 e. The minimum atomic E-state index is -3.08. The third kappa shape index (κ3) is 3.65. The standard InChI is InChI=1S/C19H16ClN3O4S/c20-13-2-1-3-15(9-13)23-11-21-17-8-12(4-5-16(17)19(23)25)18(24)22-14-6-7-28(26,27)10-14/h1-5,8-9,11,14H,6-7,10H2,(H,22,24)/t14-/m0/s1. The highest BCUT2D eigenvalue weighted by Crippen LogP contribution is 2.16. The molecule has 1 aliphatic heterocycles. The summed E-state index contributed by atoms with van der Waals surface area (Å²) < 4.78 is 24.5.